The average Bonchev–Trinajstić information content (AvgIpc) is 2.06. The minimum absolute atomic E-state index is 0.376. The molecule has 1 N–H and O–H groups in total. The third-order valence-electron chi connectivity index (χ3n) is 1.23. The first kappa shape index (κ1) is 8.87. The molecule has 1 aromatic rings. The van der Waals surface area contributed by atoms with E-state index in [0.717, 1.165) is 4.42 Å². The van der Waals surface area contributed by atoms with Gasteiger partial charge in [-0.1, -0.05) is 18.2 Å². The molecule has 0 spiro atoms. The quantitative estimate of drug-likeness (QED) is 0.665. The van der Waals surface area contributed by atoms with Gasteiger partial charge in [-0.3, -0.25) is 0 Å². The molecular formula is C8H8ClN2O. The average molecular weight is 184 g/mol. The molecule has 63 valence electrons. The van der Waals surface area contributed by atoms with Crippen molar-refractivity contribution in [3.63, 3.8) is 0 Å². The van der Waals surface area contributed by atoms with Crippen molar-refractivity contribution < 1.29 is 4.79 Å². The molecule has 0 aliphatic carbocycles. The van der Waals surface area contributed by atoms with Gasteiger partial charge >= 0.3 is 6.03 Å². The van der Waals surface area contributed by atoms with E-state index in [0.29, 0.717) is 5.69 Å². The third kappa shape index (κ3) is 2.43. The Morgan fingerprint density at radius 1 is 1.67 bits per heavy atom. The second-order valence-corrected chi connectivity index (χ2v) is 2.69. The number of carbonyl (C=O) groups is 1. The Morgan fingerprint density at radius 2 is 2.42 bits per heavy atom. The first-order valence-electron chi connectivity index (χ1n) is 3.37. The summed E-state index contributed by atoms with van der Waals surface area (Å²) in [5.41, 5.74) is 0.606. The zero-order valence-electron chi connectivity index (χ0n) is 6.54. The van der Waals surface area contributed by atoms with Gasteiger partial charge in [0.25, 0.3) is 0 Å². The van der Waals surface area contributed by atoms with Crippen LogP contribution < -0.4 is 5.32 Å². The van der Waals surface area contributed by atoms with Crippen LogP contribution in [0.1, 0.15) is 0 Å². The van der Waals surface area contributed by atoms with Crippen LogP contribution in [0.15, 0.2) is 24.3 Å². The van der Waals surface area contributed by atoms with E-state index >= 15 is 0 Å². The van der Waals surface area contributed by atoms with E-state index in [-0.39, 0.29) is 6.03 Å². The Balaban J connectivity index is 2.59. The molecule has 1 radical (unpaired) electrons. The van der Waals surface area contributed by atoms with Gasteiger partial charge in [-0.05, 0) is 6.07 Å². The van der Waals surface area contributed by atoms with Gasteiger partial charge in [-0.2, -0.15) is 0 Å². The lowest BCUT2D eigenvalue weighted by atomic mass is 10.3. The molecule has 1 rings (SSSR count). The number of anilines is 1. The molecule has 12 heavy (non-hydrogen) atoms. The van der Waals surface area contributed by atoms with Crippen molar-refractivity contribution >= 4 is 23.5 Å². The van der Waals surface area contributed by atoms with Crippen molar-refractivity contribution in [3.8, 4) is 0 Å². The Hall–Kier alpha value is -1.22. The van der Waals surface area contributed by atoms with Crippen molar-refractivity contribution in [2.24, 2.45) is 0 Å². The minimum Gasteiger partial charge on any atom is -0.306 e. The minimum atomic E-state index is -0.376. The van der Waals surface area contributed by atoms with Crippen LogP contribution in [0, 0.1) is 6.07 Å². The third-order valence-corrected chi connectivity index (χ3v) is 1.38. The van der Waals surface area contributed by atoms with Crippen LogP contribution in [0.3, 0.4) is 0 Å². The standard InChI is InChI=1S/C8H8ClN2O/c1-11(9)8(12)10-7-5-3-2-4-6-7/h2-5H,1H3,(H,10,12). The molecule has 2 amide bonds. The summed E-state index contributed by atoms with van der Waals surface area (Å²) in [7, 11) is 1.46. The van der Waals surface area contributed by atoms with Crippen LogP contribution in [0.5, 0.6) is 0 Å². The van der Waals surface area contributed by atoms with Crippen LogP contribution in [0.2, 0.25) is 0 Å². The summed E-state index contributed by atoms with van der Waals surface area (Å²) in [5.74, 6) is 0. The summed E-state index contributed by atoms with van der Waals surface area (Å²) in [4.78, 5) is 11.0. The highest BCUT2D eigenvalue weighted by atomic mass is 35.5. The molecule has 0 fully saturated rings. The molecule has 0 atom stereocenters. The lowest BCUT2D eigenvalue weighted by Crippen LogP contribution is -2.22. The highest BCUT2D eigenvalue weighted by molar-refractivity contribution is 6.22. The number of para-hydroxylation sites is 1. The van der Waals surface area contributed by atoms with Gasteiger partial charge in [0, 0.05) is 24.9 Å². The fourth-order valence-corrected chi connectivity index (χ4v) is 0.706. The summed E-state index contributed by atoms with van der Waals surface area (Å²) >= 11 is 5.39. The number of nitrogens with zero attached hydrogens (tertiary/aromatic N) is 1. The summed E-state index contributed by atoms with van der Waals surface area (Å²) in [5, 5.41) is 2.54. The molecule has 0 saturated carbocycles. The Kier molecular flexibility index (Phi) is 2.94. The number of hydrogen-bond donors (Lipinski definition) is 1. The second-order valence-electron chi connectivity index (χ2n) is 2.18. The number of rotatable bonds is 1. The van der Waals surface area contributed by atoms with E-state index in [9.17, 15) is 4.79 Å². The van der Waals surface area contributed by atoms with Crippen molar-refractivity contribution in [1.29, 1.82) is 0 Å². The van der Waals surface area contributed by atoms with Crippen LogP contribution in [-0.4, -0.2) is 17.5 Å². The lowest BCUT2D eigenvalue weighted by molar-refractivity contribution is 0.241. The van der Waals surface area contributed by atoms with Gasteiger partial charge in [0.1, 0.15) is 0 Å². The maximum Gasteiger partial charge on any atom is 0.336 e. The fourth-order valence-electron chi connectivity index (χ4n) is 0.663. The summed E-state index contributed by atoms with van der Waals surface area (Å²) in [6.45, 7) is 0. The first-order valence-corrected chi connectivity index (χ1v) is 3.71. The van der Waals surface area contributed by atoms with Crippen molar-refractivity contribution in [1.82, 2.24) is 4.42 Å². The van der Waals surface area contributed by atoms with E-state index < -0.39 is 0 Å². The van der Waals surface area contributed by atoms with Crippen LogP contribution >= 0.6 is 11.8 Å². The molecule has 0 aliphatic rings. The first-order chi connectivity index (χ1) is 5.70. The number of halogens is 1. The van der Waals surface area contributed by atoms with Gasteiger partial charge in [-0.15, -0.1) is 0 Å². The monoisotopic (exact) mass is 183 g/mol. The van der Waals surface area contributed by atoms with Crippen LogP contribution in [-0.2, 0) is 0 Å². The summed E-state index contributed by atoms with van der Waals surface area (Å²) < 4.78 is 0.945. The number of carbonyl (C=O) groups excluding carboxylic acids is 1. The maximum absolute atomic E-state index is 11.0. The highest BCUT2D eigenvalue weighted by Gasteiger charge is 2.03. The van der Waals surface area contributed by atoms with Crippen molar-refractivity contribution in [2.45, 2.75) is 0 Å². The predicted molar refractivity (Wildman–Crippen MR) is 47.9 cm³/mol. The zero-order chi connectivity index (χ0) is 8.97. The van der Waals surface area contributed by atoms with Gasteiger partial charge in [0.2, 0.25) is 0 Å². The summed E-state index contributed by atoms with van der Waals surface area (Å²) in [6.07, 6.45) is 0. The predicted octanol–water partition coefficient (Wildman–Crippen LogP) is 2.10. The maximum atomic E-state index is 11.0. The van der Waals surface area contributed by atoms with Crippen molar-refractivity contribution in [2.75, 3.05) is 12.4 Å². The number of hydrogen-bond acceptors (Lipinski definition) is 1. The molecule has 1 aromatic carbocycles. The SMILES string of the molecule is CN(Cl)C(=O)Nc1[c]cccc1. The Labute approximate surface area is 76.0 Å². The number of urea groups is 1. The number of nitrogens with one attached hydrogen (secondary N) is 1. The lowest BCUT2D eigenvalue weighted by Gasteiger charge is -2.08. The molecule has 0 aliphatic heterocycles. The largest absolute Gasteiger partial charge is 0.336 e. The van der Waals surface area contributed by atoms with E-state index in [4.69, 9.17) is 11.8 Å². The van der Waals surface area contributed by atoms with Gasteiger partial charge < -0.3 is 5.32 Å². The molecule has 3 nitrogen and oxygen atoms in total. The molecular weight excluding hydrogens is 176 g/mol. The van der Waals surface area contributed by atoms with Crippen molar-refractivity contribution in [3.05, 3.63) is 30.3 Å². The second kappa shape index (κ2) is 3.97. The smallest absolute Gasteiger partial charge is 0.306 e. The zero-order valence-corrected chi connectivity index (χ0v) is 7.30. The van der Waals surface area contributed by atoms with E-state index in [1.807, 2.05) is 6.07 Å². The molecule has 0 saturated heterocycles. The van der Waals surface area contributed by atoms with Crippen LogP contribution in [0.4, 0.5) is 10.5 Å². The Morgan fingerprint density at radius 3 is 2.92 bits per heavy atom. The van der Waals surface area contributed by atoms with Gasteiger partial charge in [-0.25, -0.2) is 9.21 Å². The fraction of sp³-hybridized carbons (Fsp3) is 0.125. The highest BCUT2D eigenvalue weighted by Crippen LogP contribution is 2.05. The molecule has 0 bridgehead atoms. The molecule has 0 unspecified atom stereocenters. The van der Waals surface area contributed by atoms with E-state index in [1.165, 1.54) is 7.05 Å². The Bertz CT molecular complexity index is 261. The summed E-state index contributed by atoms with van der Waals surface area (Å²) in [6, 6.07) is 9.53. The van der Waals surface area contributed by atoms with E-state index in [2.05, 4.69) is 11.4 Å². The molecule has 0 aromatic heterocycles. The van der Waals surface area contributed by atoms with E-state index in [1.54, 1.807) is 18.2 Å². The molecule has 0 heterocycles. The van der Waals surface area contributed by atoms with Gasteiger partial charge in [0.05, 0.1) is 5.69 Å². The molecule has 4 heteroatoms. The number of amides is 2. The number of benzene rings is 1. The van der Waals surface area contributed by atoms with Crippen LogP contribution in [0.25, 0.3) is 0 Å². The van der Waals surface area contributed by atoms with Gasteiger partial charge in [0.15, 0.2) is 0 Å². The normalized spacial score (nSPS) is 9.17. The topological polar surface area (TPSA) is 32.3 Å².